The molecule has 1 amide bonds. The third-order valence-electron chi connectivity index (χ3n) is 7.68. The number of amides is 1. The van der Waals surface area contributed by atoms with Crippen molar-refractivity contribution in [2.24, 2.45) is 5.92 Å². The van der Waals surface area contributed by atoms with Crippen LogP contribution < -0.4 is 10.2 Å². The van der Waals surface area contributed by atoms with E-state index in [1.54, 1.807) is 4.31 Å². The smallest absolute Gasteiger partial charge is 0.243 e. The second kappa shape index (κ2) is 9.70. The van der Waals surface area contributed by atoms with E-state index in [0.717, 1.165) is 47.2 Å². The highest BCUT2D eigenvalue weighted by Crippen LogP contribution is 2.31. The van der Waals surface area contributed by atoms with Gasteiger partial charge in [-0.2, -0.15) is 4.31 Å². The lowest BCUT2D eigenvalue weighted by atomic mass is 9.96. The maximum absolute atomic E-state index is 13.5. The second-order valence-corrected chi connectivity index (χ2v) is 11.8. The van der Waals surface area contributed by atoms with Gasteiger partial charge < -0.3 is 10.2 Å². The Morgan fingerprint density at radius 3 is 2.29 bits per heavy atom. The Morgan fingerprint density at radius 1 is 1.00 bits per heavy atom. The van der Waals surface area contributed by atoms with Gasteiger partial charge in [0, 0.05) is 44.8 Å². The van der Waals surface area contributed by atoms with E-state index >= 15 is 0 Å². The predicted octanol–water partition coefficient (Wildman–Crippen LogP) is 4.02. The van der Waals surface area contributed by atoms with Gasteiger partial charge in [0.2, 0.25) is 15.9 Å². The molecule has 0 saturated carbocycles. The van der Waals surface area contributed by atoms with Crippen LogP contribution in [0, 0.1) is 33.6 Å². The van der Waals surface area contributed by atoms with Gasteiger partial charge in [0.05, 0.1) is 4.90 Å². The summed E-state index contributed by atoms with van der Waals surface area (Å²) in [4.78, 5) is 15.6. The molecular weight excluding hydrogens is 446 g/mol. The molecule has 6 nitrogen and oxygen atoms in total. The molecule has 34 heavy (non-hydrogen) atoms. The lowest BCUT2D eigenvalue weighted by molar-refractivity contribution is -0.126. The minimum absolute atomic E-state index is 0.0191. The van der Waals surface area contributed by atoms with Crippen molar-refractivity contribution >= 4 is 21.6 Å². The van der Waals surface area contributed by atoms with Gasteiger partial charge >= 0.3 is 0 Å². The Hall–Kier alpha value is -2.38. The zero-order valence-electron chi connectivity index (χ0n) is 21.1. The van der Waals surface area contributed by atoms with Crippen molar-refractivity contribution in [3.63, 3.8) is 0 Å². The van der Waals surface area contributed by atoms with Crippen LogP contribution >= 0.6 is 0 Å². The van der Waals surface area contributed by atoms with E-state index in [4.69, 9.17) is 0 Å². The van der Waals surface area contributed by atoms with E-state index < -0.39 is 10.0 Å². The van der Waals surface area contributed by atoms with Crippen LogP contribution in [0.25, 0.3) is 0 Å². The van der Waals surface area contributed by atoms with Crippen LogP contribution in [0.3, 0.4) is 0 Å². The molecule has 0 aromatic heterocycles. The number of anilines is 1. The quantitative estimate of drug-likeness (QED) is 0.697. The Labute approximate surface area is 204 Å². The van der Waals surface area contributed by atoms with E-state index in [0.29, 0.717) is 37.4 Å². The zero-order chi connectivity index (χ0) is 24.6. The van der Waals surface area contributed by atoms with Gasteiger partial charge in [0.15, 0.2) is 0 Å². The SMILES string of the molecule is Cc1cc(C)c(C)c(S(=O)(=O)N2CCC(C(=O)NCc3ccc4c(c3)CCCN4C)CC2)c1C. The van der Waals surface area contributed by atoms with Gasteiger partial charge in [-0.3, -0.25) is 4.79 Å². The van der Waals surface area contributed by atoms with Gasteiger partial charge in [-0.15, -0.1) is 0 Å². The summed E-state index contributed by atoms with van der Waals surface area (Å²) in [6.45, 7) is 10.0. The molecule has 0 unspecified atom stereocenters. The highest BCUT2D eigenvalue weighted by molar-refractivity contribution is 7.89. The highest BCUT2D eigenvalue weighted by atomic mass is 32.2. The molecule has 0 spiro atoms. The molecule has 2 heterocycles. The number of rotatable bonds is 5. The van der Waals surface area contributed by atoms with E-state index in [-0.39, 0.29) is 11.8 Å². The van der Waals surface area contributed by atoms with Crippen molar-refractivity contribution in [1.82, 2.24) is 9.62 Å². The summed E-state index contributed by atoms with van der Waals surface area (Å²) in [5.41, 5.74) is 7.36. The fourth-order valence-electron chi connectivity index (χ4n) is 5.34. The normalized spacial score (nSPS) is 17.5. The van der Waals surface area contributed by atoms with Crippen molar-refractivity contribution in [1.29, 1.82) is 0 Å². The first-order valence-corrected chi connectivity index (χ1v) is 13.7. The number of hydrogen-bond donors (Lipinski definition) is 1. The summed E-state index contributed by atoms with van der Waals surface area (Å²) in [5, 5.41) is 3.08. The predicted molar refractivity (Wildman–Crippen MR) is 137 cm³/mol. The average molecular weight is 484 g/mol. The number of benzene rings is 2. The van der Waals surface area contributed by atoms with Crippen LogP contribution in [0.1, 0.15) is 52.6 Å². The molecule has 7 heteroatoms. The second-order valence-electron chi connectivity index (χ2n) is 9.97. The average Bonchev–Trinajstić information content (AvgIpc) is 2.81. The van der Waals surface area contributed by atoms with Gasteiger partial charge in [-0.05, 0) is 92.8 Å². The van der Waals surface area contributed by atoms with E-state index in [1.165, 1.54) is 11.3 Å². The molecule has 184 valence electrons. The number of piperidine rings is 1. The fraction of sp³-hybridized carbons (Fsp3) is 0.519. The van der Waals surface area contributed by atoms with Crippen molar-refractivity contribution in [2.45, 2.75) is 64.8 Å². The van der Waals surface area contributed by atoms with E-state index in [1.807, 2.05) is 33.8 Å². The maximum Gasteiger partial charge on any atom is 0.243 e. The number of sulfonamides is 1. The molecule has 2 aliphatic rings. The van der Waals surface area contributed by atoms with Crippen molar-refractivity contribution < 1.29 is 13.2 Å². The van der Waals surface area contributed by atoms with Gasteiger partial charge in [-0.1, -0.05) is 18.2 Å². The minimum Gasteiger partial charge on any atom is -0.374 e. The number of nitrogens with one attached hydrogen (secondary N) is 1. The summed E-state index contributed by atoms with van der Waals surface area (Å²) in [5.74, 6) is -0.137. The van der Waals surface area contributed by atoms with Crippen LogP contribution in [0.2, 0.25) is 0 Å². The Bertz CT molecular complexity index is 1170. The molecule has 0 bridgehead atoms. The van der Waals surface area contributed by atoms with Crippen LogP contribution in [-0.2, 0) is 27.8 Å². The van der Waals surface area contributed by atoms with Crippen LogP contribution in [-0.4, -0.2) is 45.3 Å². The fourth-order valence-corrected chi connectivity index (χ4v) is 7.38. The van der Waals surface area contributed by atoms with Crippen molar-refractivity contribution in [3.05, 3.63) is 57.6 Å². The molecular formula is C27H37N3O3S. The molecule has 1 N–H and O–H groups in total. The number of nitrogens with zero attached hydrogens (tertiary/aromatic N) is 2. The molecule has 0 atom stereocenters. The topological polar surface area (TPSA) is 69.7 Å². The molecule has 2 aliphatic heterocycles. The lowest BCUT2D eigenvalue weighted by Crippen LogP contribution is -2.43. The first-order valence-electron chi connectivity index (χ1n) is 12.3. The third-order valence-corrected chi connectivity index (χ3v) is 9.85. The number of hydrogen-bond acceptors (Lipinski definition) is 4. The van der Waals surface area contributed by atoms with E-state index in [9.17, 15) is 13.2 Å². The van der Waals surface area contributed by atoms with E-state index in [2.05, 4.69) is 35.5 Å². The number of carbonyl (C=O) groups is 1. The molecule has 0 aliphatic carbocycles. The molecule has 4 rings (SSSR count). The summed E-state index contributed by atoms with van der Waals surface area (Å²) >= 11 is 0. The highest BCUT2D eigenvalue weighted by Gasteiger charge is 2.34. The molecule has 1 saturated heterocycles. The first kappa shape index (κ1) is 24.7. The van der Waals surface area contributed by atoms with Gasteiger partial charge in [-0.25, -0.2) is 8.42 Å². The molecule has 2 aromatic rings. The summed E-state index contributed by atoms with van der Waals surface area (Å²) in [6, 6.07) is 8.48. The summed E-state index contributed by atoms with van der Waals surface area (Å²) < 4.78 is 28.5. The van der Waals surface area contributed by atoms with Crippen LogP contribution in [0.15, 0.2) is 29.2 Å². The zero-order valence-corrected chi connectivity index (χ0v) is 21.9. The number of carbonyl (C=O) groups excluding carboxylic acids is 1. The molecule has 1 fully saturated rings. The minimum atomic E-state index is -3.59. The van der Waals surface area contributed by atoms with Gasteiger partial charge in [0.1, 0.15) is 0 Å². The van der Waals surface area contributed by atoms with Crippen molar-refractivity contribution in [2.75, 3.05) is 31.6 Å². The largest absolute Gasteiger partial charge is 0.374 e. The summed E-state index contributed by atoms with van der Waals surface area (Å²) in [7, 11) is -1.47. The lowest BCUT2D eigenvalue weighted by Gasteiger charge is -2.32. The van der Waals surface area contributed by atoms with Gasteiger partial charge in [0.25, 0.3) is 0 Å². The Balaban J connectivity index is 1.37. The third kappa shape index (κ3) is 4.73. The standard InChI is InChI=1S/C27H37N3O3S/c1-18-15-19(2)21(4)26(20(18)3)34(32,33)30-13-10-23(11-14-30)27(31)28-17-22-8-9-25-24(16-22)7-6-12-29(25)5/h8-9,15-16,23H,6-7,10-14,17H2,1-5H3,(H,28,31). The van der Waals surface area contributed by atoms with Crippen LogP contribution in [0.4, 0.5) is 5.69 Å². The Kier molecular flexibility index (Phi) is 7.06. The first-order chi connectivity index (χ1) is 16.1. The molecule has 2 aromatic carbocycles. The van der Waals surface area contributed by atoms with Crippen LogP contribution in [0.5, 0.6) is 0 Å². The summed E-state index contributed by atoms with van der Waals surface area (Å²) in [6.07, 6.45) is 3.32. The maximum atomic E-state index is 13.5. The monoisotopic (exact) mass is 483 g/mol. The number of fused-ring (bicyclic) bond motifs is 1. The van der Waals surface area contributed by atoms with Crippen molar-refractivity contribution in [3.8, 4) is 0 Å². The number of aryl methyl sites for hydroxylation is 3. The molecule has 0 radical (unpaired) electrons. The Morgan fingerprint density at radius 2 is 1.65 bits per heavy atom.